The number of nitriles is 1. The normalized spacial score (nSPS) is 9.36. The maximum absolute atomic E-state index is 10.6. The van der Waals surface area contributed by atoms with E-state index in [9.17, 15) is 10.1 Å². The number of nitro benzene ring substituents is 1. The molecule has 5 nitrogen and oxygen atoms in total. The predicted octanol–water partition coefficient (Wildman–Crippen LogP) is 1.21. The fourth-order valence-electron chi connectivity index (χ4n) is 1.09. The Bertz CT molecular complexity index is 371. The molecule has 14 heavy (non-hydrogen) atoms. The van der Waals surface area contributed by atoms with Gasteiger partial charge in [0.25, 0.3) is 5.69 Å². The fourth-order valence-corrected chi connectivity index (χ4v) is 1.09. The minimum Gasteiger partial charge on any atom is -0.300 e. The molecule has 0 saturated heterocycles. The summed E-state index contributed by atoms with van der Waals surface area (Å²) in [5, 5.41) is 21.6. The predicted molar refractivity (Wildman–Crippen MR) is 50.4 cm³/mol. The van der Waals surface area contributed by atoms with Gasteiger partial charge < -0.3 is 5.32 Å². The lowest BCUT2D eigenvalue weighted by atomic mass is 10.2. The molecular formula is C9H9N3O2. The molecular weight excluding hydrogens is 182 g/mol. The van der Waals surface area contributed by atoms with E-state index >= 15 is 0 Å². The molecule has 1 rings (SSSR count). The van der Waals surface area contributed by atoms with Crippen LogP contribution in [0.4, 0.5) is 5.69 Å². The molecule has 0 atom stereocenters. The lowest BCUT2D eigenvalue weighted by Crippen LogP contribution is -2.14. The maximum atomic E-state index is 10.6. The van der Waals surface area contributed by atoms with Gasteiger partial charge in [-0.15, -0.1) is 0 Å². The Morgan fingerprint density at radius 1 is 1.50 bits per heavy atom. The Balaban J connectivity index is 2.75. The molecule has 1 aromatic rings. The third-order valence-corrected chi connectivity index (χ3v) is 1.71. The maximum Gasteiger partial charge on any atom is 0.273 e. The highest BCUT2D eigenvalue weighted by Crippen LogP contribution is 2.16. The van der Waals surface area contributed by atoms with Crippen LogP contribution in [0.15, 0.2) is 24.3 Å². The molecule has 0 spiro atoms. The highest BCUT2D eigenvalue weighted by Gasteiger charge is 2.10. The van der Waals surface area contributed by atoms with Crippen molar-refractivity contribution in [1.29, 1.82) is 5.26 Å². The van der Waals surface area contributed by atoms with Crippen LogP contribution in [0.2, 0.25) is 0 Å². The van der Waals surface area contributed by atoms with Crippen molar-refractivity contribution >= 4 is 5.69 Å². The van der Waals surface area contributed by atoms with E-state index in [2.05, 4.69) is 5.32 Å². The van der Waals surface area contributed by atoms with Gasteiger partial charge in [0.05, 0.1) is 17.5 Å². The summed E-state index contributed by atoms with van der Waals surface area (Å²) in [6.07, 6.45) is 0. The molecule has 1 aromatic carbocycles. The van der Waals surface area contributed by atoms with Crippen LogP contribution < -0.4 is 5.32 Å². The number of nitrogens with zero attached hydrogens (tertiary/aromatic N) is 2. The van der Waals surface area contributed by atoms with Gasteiger partial charge in [0.15, 0.2) is 0 Å². The van der Waals surface area contributed by atoms with Crippen molar-refractivity contribution < 1.29 is 4.92 Å². The zero-order chi connectivity index (χ0) is 10.4. The molecule has 5 heteroatoms. The second-order valence-corrected chi connectivity index (χ2v) is 2.65. The van der Waals surface area contributed by atoms with Crippen molar-refractivity contribution in [2.45, 2.75) is 6.54 Å². The highest BCUT2D eigenvalue weighted by molar-refractivity contribution is 5.39. The first-order valence-electron chi connectivity index (χ1n) is 4.05. The first-order chi connectivity index (χ1) is 6.75. The van der Waals surface area contributed by atoms with Gasteiger partial charge in [-0.1, -0.05) is 18.2 Å². The Morgan fingerprint density at radius 3 is 2.86 bits per heavy atom. The Labute approximate surface area is 81.1 Å². The van der Waals surface area contributed by atoms with Crippen LogP contribution in [0, 0.1) is 21.4 Å². The Morgan fingerprint density at radius 2 is 2.21 bits per heavy atom. The quantitative estimate of drug-likeness (QED) is 0.335. The first-order valence-corrected chi connectivity index (χ1v) is 4.05. The number of rotatable bonds is 4. The van der Waals surface area contributed by atoms with Crippen LogP contribution in [0.3, 0.4) is 0 Å². The number of para-hydroxylation sites is 1. The molecule has 0 aliphatic carbocycles. The molecule has 72 valence electrons. The third-order valence-electron chi connectivity index (χ3n) is 1.71. The lowest BCUT2D eigenvalue weighted by molar-refractivity contribution is -0.385. The van der Waals surface area contributed by atoms with Crippen molar-refractivity contribution in [3.63, 3.8) is 0 Å². The fraction of sp³-hybridized carbons (Fsp3) is 0.222. The number of nitro groups is 1. The molecule has 0 aromatic heterocycles. The highest BCUT2D eigenvalue weighted by atomic mass is 16.6. The minimum atomic E-state index is -0.427. The van der Waals surface area contributed by atoms with Gasteiger partial charge in [0.2, 0.25) is 0 Å². The van der Waals surface area contributed by atoms with E-state index in [1.165, 1.54) is 6.07 Å². The van der Waals surface area contributed by atoms with Crippen molar-refractivity contribution in [3.8, 4) is 6.07 Å². The summed E-state index contributed by atoms with van der Waals surface area (Å²) >= 11 is 0. The summed E-state index contributed by atoms with van der Waals surface area (Å²) in [6.45, 7) is 0.525. The smallest absolute Gasteiger partial charge is 0.273 e. The SMILES string of the molecule is N#CCNCc1ccccc1[N+](=O)[O-]. The van der Waals surface area contributed by atoms with Crippen LogP contribution in [-0.2, 0) is 6.54 Å². The topological polar surface area (TPSA) is 79.0 Å². The van der Waals surface area contributed by atoms with Crippen LogP contribution >= 0.6 is 0 Å². The van der Waals surface area contributed by atoms with Gasteiger partial charge >= 0.3 is 0 Å². The monoisotopic (exact) mass is 191 g/mol. The summed E-state index contributed by atoms with van der Waals surface area (Å²) in [5.74, 6) is 0. The van der Waals surface area contributed by atoms with E-state index in [0.717, 1.165) is 0 Å². The molecule has 1 N–H and O–H groups in total. The first kappa shape index (κ1) is 10.2. The summed E-state index contributed by atoms with van der Waals surface area (Å²) in [7, 11) is 0. The summed E-state index contributed by atoms with van der Waals surface area (Å²) in [6, 6.07) is 8.37. The molecule has 0 aliphatic rings. The molecule has 0 unspecified atom stereocenters. The Hall–Kier alpha value is -1.93. The molecule has 0 amide bonds. The second-order valence-electron chi connectivity index (χ2n) is 2.65. The van der Waals surface area contributed by atoms with E-state index < -0.39 is 4.92 Å². The molecule has 0 radical (unpaired) electrons. The third kappa shape index (κ3) is 2.54. The average molecular weight is 191 g/mol. The van der Waals surface area contributed by atoms with Crippen LogP contribution in [0.5, 0.6) is 0 Å². The summed E-state index contributed by atoms with van der Waals surface area (Å²) in [4.78, 5) is 10.1. The van der Waals surface area contributed by atoms with Crippen molar-refractivity contribution in [1.82, 2.24) is 5.32 Å². The second kappa shape index (κ2) is 4.94. The van der Waals surface area contributed by atoms with Gasteiger partial charge in [-0.05, 0) is 0 Å². The zero-order valence-electron chi connectivity index (χ0n) is 7.43. The average Bonchev–Trinajstić information content (AvgIpc) is 2.19. The van der Waals surface area contributed by atoms with Gasteiger partial charge in [0, 0.05) is 18.2 Å². The molecule has 0 saturated carbocycles. The van der Waals surface area contributed by atoms with Gasteiger partial charge in [-0.25, -0.2) is 0 Å². The largest absolute Gasteiger partial charge is 0.300 e. The van der Waals surface area contributed by atoms with Crippen molar-refractivity contribution in [2.75, 3.05) is 6.54 Å². The number of hydrogen-bond acceptors (Lipinski definition) is 4. The molecule has 0 aliphatic heterocycles. The van der Waals surface area contributed by atoms with Crippen LogP contribution in [0.1, 0.15) is 5.56 Å². The standard InChI is InChI=1S/C9H9N3O2/c10-5-6-11-7-8-3-1-2-4-9(8)12(13)14/h1-4,11H,6-7H2. The van der Waals surface area contributed by atoms with Crippen LogP contribution in [-0.4, -0.2) is 11.5 Å². The van der Waals surface area contributed by atoms with E-state index in [1.807, 2.05) is 6.07 Å². The van der Waals surface area contributed by atoms with Crippen molar-refractivity contribution in [2.24, 2.45) is 0 Å². The van der Waals surface area contributed by atoms with E-state index in [4.69, 9.17) is 5.26 Å². The van der Waals surface area contributed by atoms with E-state index in [1.54, 1.807) is 18.2 Å². The minimum absolute atomic E-state index is 0.0814. The van der Waals surface area contributed by atoms with Gasteiger partial charge in [-0.3, -0.25) is 10.1 Å². The van der Waals surface area contributed by atoms with Crippen molar-refractivity contribution in [3.05, 3.63) is 39.9 Å². The van der Waals surface area contributed by atoms with E-state index in [0.29, 0.717) is 12.1 Å². The summed E-state index contributed by atoms with van der Waals surface area (Å²) < 4.78 is 0. The van der Waals surface area contributed by atoms with Gasteiger partial charge in [0.1, 0.15) is 0 Å². The molecule has 0 fully saturated rings. The number of nitrogens with one attached hydrogen (secondary N) is 1. The van der Waals surface area contributed by atoms with E-state index in [-0.39, 0.29) is 12.2 Å². The zero-order valence-corrected chi connectivity index (χ0v) is 7.43. The van der Waals surface area contributed by atoms with Gasteiger partial charge in [-0.2, -0.15) is 5.26 Å². The Kier molecular flexibility index (Phi) is 3.58. The number of hydrogen-bond donors (Lipinski definition) is 1. The summed E-state index contributed by atoms with van der Waals surface area (Å²) in [5.41, 5.74) is 0.672. The number of benzene rings is 1. The lowest BCUT2D eigenvalue weighted by Gasteiger charge is -2.01. The molecule has 0 bridgehead atoms. The van der Waals surface area contributed by atoms with Crippen LogP contribution in [0.25, 0.3) is 0 Å². The molecule has 0 heterocycles.